The first-order valence-corrected chi connectivity index (χ1v) is 9.34. The quantitative estimate of drug-likeness (QED) is 0.560. The molecule has 1 fully saturated rings. The molecule has 0 atom stereocenters. The van der Waals surface area contributed by atoms with Crippen LogP contribution in [0.1, 0.15) is 29.6 Å². The summed E-state index contributed by atoms with van der Waals surface area (Å²) in [6.45, 7) is 1.05. The van der Waals surface area contributed by atoms with E-state index in [9.17, 15) is 18.0 Å². The van der Waals surface area contributed by atoms with E-state index in [0.717, 1.165) is 12.8 Å². The minimum Gasteiger partial charge on any atom is -0.452 e. The van der Waals surface area contributed by atoms with E-state index in [-0.39, 0.29) is 35.9 Å². The van der Waals surface area contributed by atoms with Gasteiger partial charge in [-0.25, -0.2) is 17.9 Å². The number of esters is 1. The highest BCUT2D eigenvalue weighted by Gasteiger charge is 2.20. The first kappa shape index (κ1) is 18.9. The third-order valence-corrected chi connectivity index (χ3v) is 5.19. The van der Waals surface area contributed by atoms with Crippen LogP contribution >= 0.6 is 0 Å². The van der Waals surface area contributed by atoms with Crippen molar-refractivity contribution in [2.45, 2.75) is 24.2 Å². The molecule has 1 saturated heterocycles. The van der Waals surface area contributed by atoms with Crippen molar-refractivity contribution in [2.24, 2.45) is 0 Å². The molecule has 0 bridgehead atoms. The fraction of sp³-hybridized carbons (Fsp3) is 0.438. The van der Waals surface area contributed by atoms with Crippen molar-refractivity contribution in [1.29, 1.82) is 5.26 Å². The largest absolute Gasteiger partial charge is 0.452 e. The number of benzene rings is 1. The molecule has 1 aromatic carbocycles. The molecule has 1 aromatic rings. The normalized spacial score (nSPS) is 14.1. The molecule has 134 valence electrons. The second-order valence-corrected chi connectivity index (χ2v) is 7.26. The molecule has 8 nitrogen and oxygen atoms in total. The van der Waals surface area contributed by atoms with Gasteiger partial charge in [-0.15, -0.1) is 0 Å². The predicted molar refractivity (Wildman–Crippen MR) is 88.0 cm³/mol. The Morgan fingerprint density at radius 3 is 2.44 bits per heavy atom. The first-order chi connectivity index (χ1) is 11.9. The summed E-state index contributed by atoms with van der Waals surface area (Å²) in [5.74, 6) is -0.916. The second kappa shape index (κ2) is 8.60. The van der Waals surface area contributed by atoms with Crippen LogP contribution in [0.2, 0.25) is 0 Å². The summed E-state index contributed by atoms with van der Waals surface area (Å²) in [4.78, 5) is 25.4. The highest BCUT2D eigenvalue weighted by molar-refractivity contribution is 7.89. The lowest BCUT2D eigenvalue weighted by molar-refractivity contribution is -0.133. The smallest absolute Gasteiger partial charge is 0.338 e. The number of rotatable bonds is 7. The van der Waals surface area contributed by atoms with Crippen LogP contribution in [0.15, 0.2) is 29.2 Å². The lowest BCUT2D eigenvalue weighted by Gasteiger charge is -2.14. The van der Waals surface area contributed by atoms with Crippen LogP contribution in [0.25, 0.3) is 0 Å². The number of ether oxygens (including phenoxy) is 1. The van der Waals surface area contributed by atoms with Crippen LogP contribution in [0.3, 0.4) is 0 Å². The zero-order valence-corrected chi connectivity index (χ0v) is 14.4. The van der Waals surface area contributed by atoms with E-state index in [1.165, 1.54) is 24.3 Å². The number of amides is 1. The van der Waals surface area contributed by atoms with E-state index in [1.807, 2.05) is 6.07 Å². The number of hydrogen-bond acceptors (Lipinski definition) is 6. The third-order valence-electron chi connectivity index (χ3n) is 3.71. The standard InChI is InChI=1S/C16H19N3O5S/c17-8-3-9-18-25(22,23)14-6-4-13(5-7-14)16(21)24-12-15(20)19-10-1-2-11-19/h4-7,18H,1-3,9-12H2. The van der Waals surface area contributed by atoms with Crippen molar-refractivity contribution in [3.05, 3.63) is 29.8 Å². The predicted octanol–water partition coefficient (Wildman–Crippen LogP) is 0.658. The maximum Gasteiger partial charge on any atom is 0.338 e. The van der Waals surface area contributed by atoms with E-state index in [4.69, 9.17) is 10.00 Å². The van der Waals surface area contributed by atoms with Gasteiger partial charge in [0.1, 0.15) is 0 Å². The fourth-order valence-electron chi connectivity index (χ4n) is 2.36. The Morgan fingerprint density at radius 2 is 1.84 bits per heavy atom. The summed E-state index contributed by atoms with van der Waals surface area (Å²) in [5.41, 5.74) is 0.158. The van der Waals surface area contributed by atoms with Crippen LogP contribution in [0, 0.1) is 11.3 Å². The molecule has 1 heterocycles. The molecule has 0 unspecified atom stereocenters. The number of carbonyl (C=O) groups excluding carboxylic acids is 2. The Balaban J connectivity index is 1.91. The van der Waals surface area contributed by atoms with E-state index in [2.05, 4.69) is 4.72 Å². The molecule has 1 aliphatic heterocycles. The zero-order valence-electron chi connectivity index (χ0n) is 13.6. The third kappa shape index (κ3) is 5.27. The average molecular weight is 365 g/mol. The van der Waals surface area contributed by atoms with Gasteiger partial charge in [0.25, 0.3) is 5.91 Å². The van der Waals surface area contributed by atoms with Gasteiger partial charge in [-0.1, -0.05) is 0 Å². The molecular weight excluding hydrogens is 346 g/mol. The molecule has 0 aliphatic carbocycles. The Morgan fingerprint density at radius 1 is 1.20 bits per heavy atom. The summed E-state index contributed by atoms with van der Waals surface area (Å²) in [7, 11) is -3.73. The molecule has 0 radical (unpaired) electrons. The zero-order chi connectivity index (χ0) is 18.3. The van der Waals surface area contributed by atoms with Gasteiger partial charge in [-0.2, -0.15) is 5.26 Å². The maximum absolute atomic E-state index is 12.0. The van der Waals surface area contributed by atoms with Crippen LogP contribution in [0.4, 0.5) is 0 Å². The highest BCUT2D eigenvalue weighted by atomic mass is 32.2. The van der Waals surface area contributed by atoms with E-state index >= 15 is 0 Å². The van der Waals surface area contributed by atoms with Gasteiger partial charge < -0.3 is 9.64 Å². The van der Waals surface area contributed by atoms with Crippen molar-refractivity contribution in [3.63, 3.8) is 0 Å². The molecular formula is C16H19N3O5S. The van der Waals surface area contributed by atoms with Crippen molar-refractivity contribution < 1.29 is 22.7 Å². The second-order valence-electron chi connectivity index (χ2n) is 5.49. The van der Waals surface area contributed by atoms with Gasteiger partial charge in [-0.05, 0) is 37.1 Å². The lowest BCUT2D eigenvalue weighted by Crippen LogP contribution is -2.32. The van der Waals surface area contributed by atoms with Gasteiger partial charge in [-0.3, -0.25) is 4.79 Å². The monoisotopic (exact) mass is 365 g/mol. The van der Waals surface area contributed by atoms with Crippen LogP contribution in [-0.2, 0) is 19.6 Å². The number of sulfonamides is 1. The molecule has 1 amide bonds. The Bertz CT molecular complexity index is 762. The average Bonchev–Trinajstić information content (AvgIpc) is 3.14. The number of likely N-dealkylation sites (tertiary alicyclic amines) is 1. The summed E-state index contributed by atoms with van der Waals surface area (Å²) >= 11 is 0. The molecule has 0 aromatic heterocycles. The number of hydrogen-bond donors (Lipinski definition) is 1. The van der Waals surface area contributed by atoms with Gasteiger partial charge in [0.15, 0.2) is 6.61 Å². The Labute approximate surface area is 146 Å². The molecule has 25 heavy (non-hydrogen) atoms. The summed E-state index contributed by atoms with van der Waals surface area (Å²) in [6, 6.07) is 7.02. The van der Waals surface area contributed by atoms with Crippen molar-refractivity contribution in [3.8, 4) is 6.07 Å². The number of nitrogens with one attached hydrogen (secondary N) is 1. The topological polar surface area (TPSA) is 117 Å². The lowest BCUT2D eigenvalue weighted by atomic mass is 10.2. The molecule has 0 saturated carbocycles. The van der Waals surface area contributed by atoms with Gasteiger partial charge in [0.05, 0.1) is 16.5 Å². The van der Waals surface area contributed by atoms with E-state index in [1.54, 1.807) is 4.90 Å². The first-order valence-electron chi connectivity index (χ1n) is 7.85. The SMILES string of the molecule is N#CCCNS(=O)(=O)c1ccc(C(=O)OCC(=O)N2CCCC2)cc1. The number of carbonyl (C=O) groups is 2. The minimum atomic E-state index is -3.73. The van der Waals surface area contributed by atoms with E-state index < -0.39 is 16.0 Å². The van der Waals surface area contributed by atoms with E-state index in [0.29, 0.717) is 13.1 Å². The number of nitriles is 1. The van der Waals surface area contributed by atoms with Gasteiger partial charge in [0, 0.05) is 26.1 Å². The fourth-order valence-corrected chi connectivity index (χ4v) is 3.40. The van der Waals surface area contributed by atoms with Crippen molar-refractivity contribution in [1.82, 2.24) is 9.62 Å². The Hall–Kier alpha value is -2.44. The highest BCUT2D eigenvalue weighted by Crippen LogP contribution is 2.12. The summed E-state index contributed by atoms with van der Waals surface area (Å²) in [5, 5.41) is 8.43. The summed E-state index contributed by atoms with van der Waals surface area (Å²) in [6.07, 6.45) is 1.98. The molecule has 0 spiro atoms. The molecule has 1 N–H and O–H groups in total. The molecule has 2 rings (SSSR count). The minimum absolute atomic E-state index is 0.0151. The van der Waals surface area contributed by atoms with Gasteiger partial charge in [0.2, 0.25) is 10.0 Å². The van der Waals surface area contributed by atoms with Crippen LogP contribution in [-0.4, -0.2) is 51.4 Å². The van der Waals surface area contributed by atoms with Crippen molar-refractivity contribution in [2.75, 3.05) is 26.2 Å². The van der Waals surface area contributed by atoms with Gasteiger partial charge >= 0.3 is 5.97 Å². The number of nitrogens with zero attached hydrogens (tertiary/aromatic N) is 2. The van der Waals surface area contributed by atoms with Crippen molar-refractivity contribution >= 4 is 21.9 Å². The van der Waals surface area contributed by atoms with Crippen LogP contribution < -0.4 is 4.72 Å². The van der Waals surface area contributed by atoms with Crippen LogP contribution in [0.5, 0.6) is 0 Å². The maximum atomic E-state index is 12.0. The molecule has 9 heteroatoms. The summed E-state index contributed by atoms with van der Waals surface area (Å²) < 4.78 is 31.2. The molecule has 1 aliphatic rings. The Kier molecular flexibility index (Phi) is 6.50.